The molecule has 0 aromatic heterocycles. The van der Waals surface area contributed by atoms with Crippen LogP contribution in [0.2, 0.25) is 0 Å². The number of sulfonamides is 1. The minimum absolute atomic E-state index is 0.0653. The van der Waals surface area contributed by atoms with Crippen LogP contribution in [0.3, 0.4) is 0 Å². The van der Waals surface area contributed by atoms with E-state index in [0.717, 1.165) is 18.9 Å². The molecule has 0 unspecified atom stereocenters. The van der Waals surface area contributed by atoms with Gasteiger partial charge in [0, 0.05) is 18.3 Å². The molecule has 0 spiro atoms. The zero-order chi connectivity index (χ0) is 16.8. The first-order chi connectivity index (χ1) is 10.3. The molecule has 3 N–H and O–H groups in total. The number of anilines is 1. The van der Waals surface area contributed by atoms with Crippen LogP contribution in [-0.4, -0.2) is 32.1 Å². The highest BCUT2D eigenvalue weighted by Gasteiger charge is 2.19. The summed E-state index contributed by atoms with van der Waals surface area (Å²) in [5, 5.41) is 12.4. The van der Waals surface area contributed by atoms with Crippen LogP contribution < -0.4 is 10.0 Å². The zero-order valence-electron chi connectivity index (χ0n) is 12.8. The highest BCUT2D eigenvalue weighted by Crippen LogP contribution is 2.22. The van der Waals surface area contributed by atoms with Gasteiger partial charge in [-0.2, -0.15) is 0 Å². The molecule has 0 aliphatic heterocycles. The van der Waals surface area contributed by atoms with E-state index in [1.807, 2.05) is 13.8 Å². The first-order valence-electron chi connectivity index (χ1n) is 7.06. The summed E-state index contributed by atoms with van der Waals surface area (Å²) in [7, 11) is -3.75. The number of carboxylic acids is 1. The van der Waals surface area contributed by atoms with Gasteiger partial charge in [0.05, 0.1) is 10.5 Å². The van der Waals surface area contributed by atoms with Crippen molar-refractivity contribution in [1.29, 1.82) is 0 Å². The van der Waals surface area contributed by atoms with E-state index in [-0.39, 0.29) is 23.0 Å². The second-order valence-corrected chi connectivity index (χ2v) is 6.75. The van der Waals surface area contributed by atoms with Crippen LogP contribution in [0.4, 0.5) is 5.69 Å². The van der Waals surface area contributed by atoms with E-state index >= 15 is 0 Å². The Morgan fingerprint density at radius 3 is 2.68 bits per heavy atom. The summed E-state index contributed by atoms with van der Waals surface area (Å²) in [5.41, 5.74) is 0.348. The SMILES string of the molecule is C=CCNS(=O)(=O)c1ccc(N[C@@H](C)CCC)c(C(=O)O)c1. The lowest BCUT2D eigenvalue weighted by Crippen LogP contribution is -2.24. The fourth-order valence-electron chi connectivity index (χ4n) is 2.02. The van der Waals surface area contributed by atoms with Gasteiger partial charge in [-0.3, -0.25) is 0 Å². The Kier molecular flexibility index (Phi) is 6.58. The van der Waals surface area contributed by atoms with Crippen LogP contribution in [0, 0.1) is 0 Å². The maximum atomic E-state index is 12.0. The molecule has 0 aliphatic carbocycles. The molecule has 0 heterocycles. The molecular formula is C15H22N2O4S. The van der Waals surface area contributed by atoms with E-state index in [0.29, 0.717) is 5.69 Å². The Bertz CT molecular complexity index is 641. The molecule has 1 aromatic carbocycles. The lowest BCUT2D eigenvalue weighted by atomic mass is 10.1. The van der Waals surface area contributed by atoms with E-state index in [4.69, 9.17) is 0 Å². The zero-order valence-corrected chi connectivity index (χ0v) is 13.6. The summed E-state index contributed by atoms with van der Waals surface area (Å²) >= 11 is 0. The van der Waals surface area contributed by atoms with Crippen LogP contribution in [0.5, 0.6) is 0 Å². The number of aromatic carboxylic acids is 1. The molecule has 1 rings (SSSR count). The molecule has 1 aromatic rings. The number of benzene rings is 1. The van der Waals surface area contributed by atoms with Gasteiger partial charge >= 0.3 is 5.97 Å². The van der Waals surface area contributed by atoms with Gasteiger partial charge in [-0.15, -0.1) is 6.58 Å². The molecule has 122 valence electrons. The maximum absolute atomic E-state index is 12.0. The van der Waals surface area contributed by atoms with Crippen LogP contribution >= 0.6 is 0 Å². The monoisotopic (exact) mass is 326 g/mol. The molecule has 0 radical (unpaired) electrons. The Morgan fingerprint density at radius 2 is 2.14 bits per heavy atom. The van der Waals surface area contributed by atoms with Gasteiger partial charge in [-0.1, -0.05) is 19.4 Å². The summed E-state index contributed by atoms with van der Waals surface area (Å²) in [6, 6.07) is 4.13. The third-order valence-corrected chi connectivity index (χ3v) is 4.49. The van der Waals surface area contributed by atoms with Crippen molar-refractivity contribution in [2.24, 2.45) is 0 Å². The fourth-order valence-corrected chi connectivity index (χ4v) is 3.04. The molecule has 1 atom stereocenters. The van der Waals surface area contributed by atoms with Crippen molar-refractivity contribution in [3.8, 4) is 0 Å². The maximum Gasteiger partial charge on any atom is 0.337 e. The summed E-state index contributed by atoms with van der Waals surface area (Å²) in [6.45, 7) is 7.51. The predicted molar refractivity (Wildman–Crippen MR) is 86.8 cm³/mol. The standard InChI is InChI=1S/C15H22N2O4S/c1-4-6-11(3)17-14-8-7-12(10-13(14)15(18)19)22(20,21)16-9-5-2/h5,7-8,10-11,16-17H,2,4,6,9H2,1,3H3,(H,18,19)/t11-/m0/s1. The lowest BCUT2D eigenvalue weighted by Gasteiger charge is -2.17. The van der Waals surface area contributed by atoms with E-state index in [9.17, 15) is 18.3 Å². The summed E-state index contributed by atoms with van der Waals surface area (Å²) in [4.78, 5) is 11.3. The van der Waals surface area contributed by atoms with Gasteiger partial charge in [0.15, 0.2) is 0 Å². The molecule has 7 heteroatoms. The van der Waals surface area contributed by atoms with E-state index in [2.05, 4.69) is 16.6 Å². The fraction of sp³-hybridized carbons (Fsp3) is 0.400. The average Bonchev–Trinajstić information content (AvgIpc) is 2.45. The minimum Gasteiger partial charge on any atom is -0.478 e. The summed E-state index contributed by atoms with van der Waals surface area (Å²) in [5.74, 6) is -1.17. The number of carboxylic acid groups (broad SMARTS) is 1. The highest BCUT2D eigenvalue weighted by molar-refractivity contribution is 7.89. The van der Waals surface area contributed by atoms with Crippen LogP contribution in [0.1, 0.15) is 37.0 Å². The average molecular weight is 326 g/mol. The second kappa shape index (κ2) is 7.95. The number of rotatable bonds is 9. The van der Waals surface area contributed by atoms with E-state index in [1.165, 1.54) is 18.2 Å². The third kappa shape index (κ3) is 4.85. The first-order valence-corrected chi connectivity index (χ1v) is 8.54. The molecule has 0 bridgehead atoms. The van der Waals surface area contributed by atoms with Crippen molar-refractivity contribution >= 4 is 21.7 Å². The lowest BCUT2D eigenvalue weighted by molar-refractivity contribution is 0.0697. The Morgan fingerprint density at radius 1 is 1.45 bits per heavy atom. The minimum atomic E-state index is -3.75. The van der Waals surface area contributed by atoms with Crippen LogP contribution in [0.25, 0.3) is 0 Å². The third-order valence-electron chi connectivity index (χ3n) is 3.07. The number of hydrogen-bond acceptors (Lipinski definition) is 4. The number of carbonyl (C=O) groups is 1. The van der Waals surface area contributed by atoms with E-state index < -0.39 is 16.0 Å². The Hall–Kier alpha value is -1.86. The quantitative estimate of drug-likeness (QED) is 0.606. The molecule has 0 amide bonds. The molecule has 0 saturated carbocycles. The smallest absolute Gasteiger partial charge is 0.337 e. The number of nitrogens with one attached hydrogen (secondary N) is 2. The van der Waals surface area contributed by atoms with Crippen molar-refractivity contribution in [3.63, 3.8) is 0 Å². The topological polar surface area (TPSA) is 95.5 Å². The first kappa shape index (κ1) is 18.2. The number of hydrogen-bond donors (Lipinski definition) is 3. The van der Waals surface area contributed by atoms with Gasteiger partial charge < -0.3 is 10.4 Å². The molecule has 0 fully saturated rings. The highest BCUT2D eigenvalue weighted by atomic mass is 32.2. The van der Waals surface area contributed by atoms with Crippen LogP contribution in [-0.2, 0) is 10.0 Å². The Balaban J connectivity index is 3.14. The van der Waals surface area contributed by atoms with Gasteiger partial charge in [-0.25, -0.2) is 17.9 Å². The van der Waals surface area contributed by atoms with Crippen LogP contribution in [0.15, 0.2) is 35.7 Å². The van der Waals surface area contributed by atoms with Gasteiger partial charge in [0.1, 0.15) is 0 Å². The molecule has 0 saturated heterocycles. The molecule has 0 aliphatic rings. The molecular weight excluding hydrogens is 304 g/mol. The largest absolute Gasteiger partial charge is 0.478 e. The Labute approximate surface area is 131 Å². The molecule has 6 nitrogen and oxygen atoms in total. The summed E-state index contributed by atoms with van der Waals surface area (Å²) < 4.78 is 26.4. The van der Waals surface area contributed by atoms with Gasteiger partial charge in [0.25, 0.3) is 0 Å². The normalized spacial score (nSPS) is 12.6. The van der Waals surface area contributed by atoms with Crippen molar-refractivity contribution in [3.05, 3.63) is 36.4 Å². The predicted octanol–water partition coefficient (Wildman–Crippen LogP) is 2.45. The van der Waals surface area contributed by atoms with Crippen molar-refractivity contribution in [2.75, 3.05) is 11.9 Å². The van der Waals surface area contributed by atoms with Crippen molar-refractivity contribution < 1.29 is 18.3 Å². The van der Waals surface area contributed by atoms with Gasteiger partial charge in [0.2, 0.25) is 10.0 Å². The van der Waals surface area contributed by atoms with E-state index in [1.54, 1.807) is 0 Å². The summed E-state index contributed by atoms with van der Waals surface area (Å²) in [6.07, 6.45) is 3.27. The van der Waals surface area contributed by atoms with Crippen molar-refractivity contribution in [2.45, 2.75) is 37.6 Å². The second-order valence-electron chi connectivity index (χ2n) is 4.99. The van der Waals surface area contributed by atoms with Gasteiger partial charge in [-0.05, 0) is 31.5 Å². The van der Waals surface area contributed by atoms with Crippen molar-refractivity contribution in [1.82, 2.24) is 4.72 Å². The molecule has 22 heavy (non-hydrogen) atoms.